The molecule has 0 aromatic heterocycles. The number of phenols is 1. The molecule has 3 fully saturated rings. The number of hydrogen-bond acceptors (Lipinski definition) is 11. The van der Waals surface area contributed by atoms with Crippen LogP contribution in [0.25, 0.3) is 0 Å². The van der Waals surface area contributed by atoms with Crippen LogP contribution in [0, 0.1) is 29.6 Å². The highest BCUT2D eigenvalue weighted by atomic mass is 16.5. The molecule has 42 heavy (non-hydrogen) atoms. The van der Waals surface area contributed by atoms with Gasteiger partial charge in [-0.25, -0.2) is 0 Å². The highest BCUT2D eigenvalue weighted by Crippen LogP contribution is 2.52. The maximum atomic E-state index is 14.0. The number of methoxy groups -OCH3 is 1. The Balaban J connectivity index is 1.54. The van der Waals surface area contributed by atoms with Crippen LogP contribution in [0.4, 0.5) is 0 Å². The largest absolute Gasteiger partial charge is 0.507 e. The smallest absolute Gasteiger partial charge is 0.235 e. The second-order valence-corrected chi connectivity index (χ2v) is 12.3. The number of hydrogen-bond donors (Lipinski definition) is 3. The molecular weight excluding hydrogens is 546 g/mol. The third-order valence-corrected chi connectivity index (χ3v) is 9.67. The number of primary amides is 1. The fourth-order valence-electron chi connectivity index (χ4n) is 7.73. The standard InChI is InChI=1S/C30H39N3O9/c1-5-33(11-14-6-7-42-13-14)12-16-10-19(34)21-17(26(16)41-4)8-15-9-18-23(32(2)3)25(36)22(29(31)39)28(38)30(18,40)27(37)20(15)24(21)35/h10,14-15,18,20,22-23,34,40H,5-9,11-13H2,1-4H3,(H2,31,39)/t14?,15-,18-,20?,22?,23-,30-/m0/s1. The first-order chi connectivity index (χ1) is 19.9. The van der Waals surface area contributed by atoms with Crippen molar-refractivity contribution in [2.75, 3.05) is 47.5 Å². The Morgan fingerprint density at radius 2 is 1.93 bits per heavy atom. The van der Waals surface area contributed by atoms with Gasteiger partial charge in [-0.05, 0) is 57.8 Å². The van der Waals surface area contributed by atoms with Gasteiger partial charge in [0.05, 0.1) is 31.2 Å². The van der Waals surface area contributed by atoms with Gasteiger partial charge in [-0.2, -0.15) is 0 Å². The van der Waals surface area contributed by atoms with Crippen LogP contribution >= 0.6 is 0 Å². The van der Waals surface area contributed by atoms with Crippen LogP contribution in [-0.2, 0) is 36.9 Å². The molecule has 1 aromatic rings. The van der Waals surface area contributed by atoms with E-state index in [0.29, 0.717) is 35.9 Å². The maximum absolute atomic E-state index is 14.0. The molecular formula is C30H39N3O9. The van der Waals surface area contributed by atoms with Crippen molar-refractivity contribution < 1.29 is 43.7 Å². The molecule has 12 heteroatoms. The summed E-state index contributed by atoms with van der Waals surface area (Å²) in [5.74, 6) is -9.86. The van der Waals surface area contributed by atoms with Crippen LogP contribution < -0.4 is 10.5 Å². The minimum atomic E-state index is -2.75. The van der Waals surface area contributed by atoms with Gasteiger partial charge in [-0.1, -0.05) is 6.92 Å². The van der Waals surface area contributed by atoms with Gasteiger partial charge in [0.15, 0.2) is 34.7 Å². The summed E-state index contributed by atoms with van der Waals surface area (Å²) < 4.78 is 11.3. The van der Waals surface area contributed by atoms with Crippen LogP contribution in [0.1, 0.15) is 41.3 Å². The molecule has 12 nitrogen and oxygen atoms in total. The normalized spacial score (nSPS) is 32.6. The molecule has 1 aliphatic heterocycles. The fourth-order valence-corrected chi connectivity index (χ4v) is 7.73. The molecule has 2 saturated carbocycles. The third kappa shape index (κ3) is 4.55. The number of carbonyl (C=O) groups is 5. The topological polar surface area (TPSA) is 177 Å². The number of fused-ring (bicyclic) bond motifs is 3. The van der Waals surface area contributed by atoms with Crippen molar-refractivity contribution in [3.05, 3.63) is 22.8 Å². The van der Waals surface area contributed by atoms with Gasteiger partial charge in [0.25, 0.3) is 0 Å². The predicted molar refractivity (Wildman–Crippen MR) is 148 cm³/mol. The Morgan fingerprint density at radius 3 is 2.50 bits per heavy atom. The molecule has 4 N–H and O–H groups in total. The summed E-state index contributed by atoms with van der Waals surface area (Å²) in [6.07, 6.45) is 1.11. The van der Waals surface area contributed by atoms with E-state index < -0.39 is 64.4 Å². The lowest BCUT2D eigenvalue weighted by Crippen LogP contribution is -2.74. The summed E-state index contributed by atoms with van der Waals surface area (Å²) in [5, 5.41) is 22.8. The van der Waals surface area contributed by atoms with Crippen LogP contribution in [0.15, 0.2) is 6.07 Å². The van der Waals surface area contributed by atoms with E-state index in [1.54, 1.807) is 14.1 Å². The number of aliphatic hydroxyl groups is 1. The number of ketones is 4. The van der Waals surface area contributed by atoms with E-state index in [1.165, 1.54) is 18.1 Å². The monoisotopic (exact) mass is 585 g/mol. The van der Waals surface area contributed by atoms with Crippen LogP contribution in [0.3, 0.4) is 0 Å². The van der Waals surface area contributed by atoms with Crippen LogP contribution in [-0.4, -0.2) is 108 Å². The Morgan fingerprint density at radius 1 is 1.21 bits per heavy atom. The van der Waals surface area contributed by atoms with Gasteiger partial charge >= 0.3 is 0 Å². The number of amides is 1. The van der Waals surface area contributed by atoms with Gasteiger partial charge in [0.1, 0.15) is 11.5 Å². The fraction of sp³-hybridized carbons (Fsp3) is 0.633. The van der Waals surface area contributed by atoms with Crippen LogP contribution in [0.2, 0.25) is 0 Å². The van der Waals surface area contributed by atoms with Gasteiger partial charge in [0, 0.05) is 36.7 Å². The van der Waals surface area contributed by atoms with Gasteiger partial charge in [-0.3, -0.25) is 33.8 Å². The highest BCUT2D eigenvalue weighted by Gasteiger charge is 2.69. The highest BCUT2D eigenvalue weighted by molar-refractivity contribution is 6.32. The third-order valence-electron chi connectivity index (χ3n) is 9.67. The average molecular weight is 586 g/mol. The van der Waals surface area contributed by atoms with Gasteiger partial charge in [0.2, 0.25) is 5.91 Å². The number of carbonyl (C=O) groups excluding carboxylic acids is 5. The molecule has 0 spiro atoms. The molecule has 0 radical (unpaired) electrons. The predicted octanol–water partition coefficient (Wildman–Crippen LogP) is -0.266. The summed E-state index contributed by atoms with van der Waals surface area (Å²) in [4.78, 5) is 70.4. The van der Waals surface area contributed by atoms with Crippen LogP contribution in [0.5, 0.6) is 11.5 Å². The molecule has 1 saturated heterocycles. The summed E-state index contributed by atoms with van der Waals surface area (Å²) in [7, 11) is 4.60. The molecule has 3 unspecified atom stereocenters. The zero-order valence-electron chi connectivity index (χ0n) is 24.4. The second kappa shape index (κ2) is 11.1. The van der Waals surface area contributed by atoms with Gasteiger partial charge < -0.3 is 25.4 Å². The second-order valence-electron chi connectivity index (χ2n) is 12.3. The number of aromatic hydroxyl groups is 1. The van der Waals surface area contributed by atoms with Crippen molar-refractivity contribution in [1.82, 2.24) is 9.80 Å². The number of benzene rings is 1. The summed E-state index contributed by atoms with van der Waals surface area (Å²) in [6.45, 7) is 5.48. The van der Waals surface area contributed by atoms with Crippen molar-refractivity contribution >= 4 is 29.0 Å². The number of ether oxygens (including phenoxy) is 2. The Bertz CT molecular complexity index is 1340. The van der Waals surface area contributed by atoms with Crippen molar-refractivity contribution in [3.8, 4) is 11.5 Å². The van der Waals surface area contributed by atoms with E-state index in [0.717, 1.165) is 26.1 Å². The van der Waals surface area contributed by atoms with Crippen molar-refractivity contribution in [2.24, 2.45) is 35.3 Å². The van der Waals surface area contributed by atoms with Crippen molar-refractivity contribution in [1.29, 1.82) is 0 Å². The number of rotatable bonds is 8. The van der Waals surface area contributed by atoms with Gasteiger partial charge in [-0.15, -0.1) is 0 Å². The molecule has 5 rings (SSSR count). The molecule has 228 valence electrons. The SMILES string of the molecule is CCN(Cc1cc(O)c2c(c1OC)C[C@H]1C[C@H]3[C@H](N(C)C)C(=O)C(C(N)=O)C(=O)[C@@]3(O)C(=O)C1C2=O)CC1CCOC1. The molecule has 0 bridgehead atoms. The number of phenolic OH excluding ortho intramolecular Hbond substituents is 1. The van der Waals surface area contributed by atoms with Crippen molar-refractivity contribution in [3.63, 3.8) is 0 Å². The average Bonchev–Trinajstić information content (AvgIpc) is 3.43. The summed E-state index contributed by atoms with van der Waals surface area (Å²) >= 11 is 0. The first-order valence-corrected chi connectivity index (χ1v) is 14.4. The summed E-state index contributed by atoms with van der Waals surface area (Å²) in [6, 6.07) is 0.329. The number of likely N-dealkylation sites (N-methyl/N-ethyl adjacent to an activating group) is 1. The number of nitrogens with two attached hydrogens (primary N) is 1. The molecule has 4 aliphatic rings. The van der Waals surface area contributed by atoms with E-state index in [2.05, 4.69) is 4.90 Å². The summed E-state index contributed by atoms with van der Waals surface area (Å²) in [5.41, 5.74) is 3.70. The Hall–Kier alpha value is -3.19. The lowest BCUT2D eigenvalue weighted by molar-refractivity contribution is -0.181. The molecule has 1 amide bonds. The first-order valence-electron chi connectivity index (χ1n) is 14.4. The van der Waals surface area contributed by atoms with E-state index in [4.69, 9.17) is 15.2 Å². The molecule has 1 heterocycles. The Labute approximate surface area is 244 Å². The molecule has 1 aromatic carbocycles. The molecule has 3 aliphatic carbocycles. The maximum Gasteiger partial charge on any atom is 0.235 e. The number of Topliss-reactive ketones (excluding diaryl/α,β-unsaturated/α-hetero) is 4. The number of nitrogens with zero attached hydrogens (tertiary/aromatic N) is 2. The van der Waals surface area contributed by atoms with E-state index in [-0.39, 0.29) is 24.2 Å². The van der Waals surface area contributed by atoms with Crippen molar-refractivity contribution in [2.45, 2.75) is 44.4 Å². The van der Waals surface area contributed by atoms with E-state index in [1.807, 2.05) is 6.92 Å². The van der Waals surface area contributed by atoms with E-state index in [9.17, 15) is 34.2 Å². The minimum Gasteiger partial charge on any atom is -0.507 e. The minimum absolute atomic E-state index is 0.0131. The zero-order valence-corrected chi connectivity index (χ0v) is 24.4. The molecule has 7 atom stereocenters. The quantitative estimate of drug-likeness (QED) is 0.342. The first kappa shape index (κ1) is 30.3. The van der Waals surface area contributed by atoms with E-state index >= 15 is 0 Å². The lowest BCUT2D eigenvalue weighted by atomic mass is 9.52. The lowest BCUT2D eigenvalue weighted by Gasteiger charge is -2.52. The zero-order chi connectivity index (χ0) is 30.7. The Kier molecular flexibility index (Phi) is 8.03.